The van der Waals surface area contributed by atoms with Gasteiger partial charge in [0.25, 0.3) is 0 Å². The molecular formula is C20H29N5O4. The van der Waals surface area contributed by atoms with Gasteiger partial charge in [0.15, 0.2) is 17.0 Å². The Balaban J connectivity index is 1.59. The summed E-state index contributed by atoms with van der Waals surface area (Å²) in [4.78, 5) is 27.9. The molecule has 0 bridgehead atoms. The van der Waals surface area contributed by atoms with Crippen molar-refractivity contribution < 1.29 is 19.4 Å². The van der Waals surface area contributed by atoms with Crippen molar-refractivity contribution in [2.75, 3.05) is 44.9 Å². The van der Waals surface area contributed by atoms with Crippen molar-refractivity contribution in [3.8, 4) is 0 Å². The minimum atomic E-state index is -0.558. The first-order valence-corrected chi connectivity index (χ1v) is 10.2. The highest BCUT2D eigenvalue weighted by Crippen LogP contribution is 2.34. The quantitative estimate of drug-likeness (QED) is 0.719. The third-order valence-corrected chi connectivity index (χ3v) is 6.35. The number of hydrogen-bond donors (Lipinski definition) is 1. The minimum Gasteiger partial charge on any atom is -0.469 e. The lowest BCUT2D eigenvalue weighted by atomic mass is 9.82. The number of anilines is 1. The molecule has 2 aromatic heterocycles. The van der Waals surface area contributed by atoms with Crippen LogP contribution in [-0.4, -0.2) is 70.6 Å². The first-order valence-electron chi connectivity index (χ1n) is 10.2. The van der Waals surface area contributed by atoms with E-state index in [1.54, 1.807) is 12.7 Å². The number of hydrogen-bond acceptors (Lipinski definition) is 8. The van der Waals surface area contributed by atoms with Gasteiger partial charge in [0.2, 0.25) is 0 Å². The summed E-state index contributed by atoms with van der Waals surface area (Å²) < 4.78 is 12.5. The van der Waals surface area contributed by atoms with Crippen LogP contribution in [-0.2, 0) is 20.8 Å². The lowest BCUT2D eigenvalue weighted by molar-refractivity contribution is -0.152. The number of aromatic nitrogens is 4. The zero-order valence-corrected chi connectivity index (χ0v) is 17.1. The number of carbonyl (C=O) groups is 1. The second-order valence-corrected chi connectivity index (χ2v) is 8.41. The van der Waals surface area contributed by atoms with Gasteiger partial charge in [-0.15, -0.1) is 0 Å². The molecule has 2 aliphatic heterocycles. The first-order chi connectivity index (χ1) is 14.1. The van der Waals surface area contributed by atoms with E-state index >= 15 is 0 Å². The van der Waals surface area contributed by atoms with Gasteiger partial charge in [-0.25, -0.2) is 15.0 Å². The second-order valence-electron chi connectivity index (χ2n) is 8.41. The Labute approximate surface area is 170 Å². The molecule has 29 heavy (non-hydrogen) atoms. The zero-order chi connectivity index (χ0) is 20.4. The molecule has 4 rings (SSSR count). The molecule has 4 heterocycles. The third-order valence-electron chi connectivity index (χ3n) is 6.35. The molecule has 1 N–H and O–H groups in total. The van der Waals surface area contributed by atoms with Gasteiger partial charge in [0.05, 0.1) is 18.9 Å². The van der Waals surface area contributed by atoms with E-state index in [9.17, 15) is 9.90 Å². The van der Waals surface area contributed by atoms with E-state index < -0.39 is 5.41 Å². The van der Waals surface area contributed by atoms with Crippen molar-refractivity contribution in [2.45, 2.75) is 32.7 Å². The van der Waals surface area contributed by atoms with Crippen molar-refractivity contribution >= 4 is 23.0 Å². The number of imidazole rings is 1. The van der Waals surface area contributed by atoms with E-state index in [0.29, 0.717) is 25.6 Å². The molecule has 2 fully saturated rings. The van der Waals surface area contributed by atoms with Crippen LogP contribution in [0, 0.1) is 17.3 Å². The Morgan fingerprint density at radius 1 is 1.45 bits per heavy atom. The van der Waals surface area contributed by atoms with Crippen LogP contribution in [0.3, 0.4) is 0 Å². The van der Waals surface area contributed by atoms with Gasteiger partial charge in [0, 0.05) is 45.4 Å². The fourth-order valence-electron chi connectivity index (χ4n) is 4.60. The van der Waals surface area contributed by atoms with Gasteiger partial charge in [-0.1, -0.05) is 0 Å². The summed E-state index contributed by atoms with van der Waals surface area (Å²) >= 11 is 0. The average molecular weight is 403 g/mol. The fraction of sp³-hybridized carbons (Fsp3) is 0.700. The summed E-state index contributed by atoms with van der Waals surface area (Å²) in [6.07, 6.45) is 5.96. The molecule has 158 valence electrons. The van der Waals surface area contributed by atoms with Crippen LogP contribution in [0.25, 0.3) is 11.2 Å². The molecule has 3 unspecified atom stereocenters. The maximum absolute atomic E-state index is 12.3. The van der Waals surface area contributed by atoms with Crippen molar-refractivity contribution in [2.24, 2.45) is 17.3 Å². The molecule has 2 aliphatic rings. The van der Waals surface area contributed by atoms with E-state index in [2.05, 4.69) is 19.9 Å². The lowest BCUT2D eigenvalue weighted by Crippen LogP contribution is -2.47. The van der Waals surface area contributed by atoms with Gasteiger partial charge < -0.3 is 24.0 Å². The number of esters is 1. The number of carbonyl (C=O) groups excluding carboxylic acids is 1. The number of aliphatic hydroxyl groups is 1. The SMILES string of the molecule is COC(=O)C1(C)CCCN(c2ncnc3c2ncn3CC(CO)C2CCOC2)C1. The zero-order valence-electron chi connectivity index (χ0n) is 17.1. The highest BCUT2D eigenvalue weighted by molar-refractivity contribution is 5.84. The predicted octanol–water partition coefficient (Wildman–Crippen LogP) is 1.25. The molecule has 0 amide bonds. The second kappa shape index (κ2) is 8.23. The van der Waals surface area contributed by atoms with Crippen LogP contribution >= 0.6 is 0 Å². The topological polar surface area (TPSA) is 103 Å². The standard InChI is InChI=1S/C20H29N5O4/c1-20(19(27)28-2)5-3-6-24(11-20)17-16-18(22-12-21-17)25(13-23-16)8-15(9-26)14-4-7-29-10-14/h12-15,26H,3-11H2,1-2H3. The van der Waals surface area contributed by atoms with E-state index in [0.717, 1.165) is 49.4 Å². The van der Waals surface area contributed by atoms with Gasteiger partial charge >= 0.3 is 5.97 Å². The molecular weight excluding hydrogens is 374 g/mol. The number of ether oxygens (including phenoxy) is 2. The van der Waals surface area contributed by atoms with Gasteiger partial charge in [-0.2, -0.15) is 0 Å². The monoisotopic (exact) mass is 403 g/mol. The summed E-state index contributed by atoms with van der Waals surface area (Å²) in [6, 6.07) is 0. The van der Waals surface area contributed by atoms with Crippen molar-refractivity contribution in [3.63, 3.8) is 0 Å². The predicted molar refractivity (Wildman–Crippen MR) is 106 cm³/mol. The molecule has 0 aromatic carbocycles. The van der Waals surface area contributed by atoms with Crippen molar-refractivity contribution in [3.05, 3.63) is 12.7 Å². The summed E-state index contributed by atoms with van der Waals surface area (Å²) in [6.45, 7) is 5.48. The van der Waals surface area contributed by atoms with Crippen LogP contribution < -0.4 is 4.90 Å². The number of aliphatic hydroxyl groups excluding tert-OH is 1. The Morgan fingerprint density at radius 3 is 3.03 bits per heavy atom. The van der Waals surface area contributed by atoms with E-state index in [1.807, 2.05) is 11.5 Å². The highest BCUT2D eigenvalue weighted by Gasteiger charge is 2.40. The van der Waals surface area contributed by atoms with E-state index in [1.165, 1.54) is 7.11 Å². The number of piperidine rings is 1. The number of fused-ring (bicyclic) bond motifs is 1. The van der Waals surface area contributed by atoms with Crippen LogP contribution in [0.4, 0.5) is 5.82 Å². The Bertz CT molecular complexity index is 866. The normalized spacial score (nSPS) is 26.0. The smallest absolute Gasteiger partial charge is 0.313 e. The highest BCUT2D eigenvalue weighted by atomic mass is 16.5. The average Bonchev–Trinajstić information content (AvgIpc) is 3.41. The number of nitrogens with zero attached hydrogens (tertiary/aromatic N) is 5. The maximum atomic E-state index is 12.3. The molecule has 2 saturated heterocycles. The van der Waals surface area contributed by atoms with E-state index in [-0.39, 0.29) is 18.5 Å². The molecule has 0 spiro atoms. The van der Waals surface area contributed by atoms with E-state index in [4.69, 9.17) is 9.47 Å². The first kappa shape index (κ1) is 20.0. The molecule has 9 nitrogen and oxygen atoms in total. The minimum absolute atomic E-state index is 0.103. The summed E-state index contributed by atoms with van der Waals surface area (Å²) in [7, 11) is 1.43. The molecule has 3 atom stereocenters. The molecule has 9 heteroatoms. The summed E-state index contributed by atoms with van der Waals surface area (Å²) in [5, 5.41) is 9.87. The lowest BCUT2D eigenvalue weighted by Gasteiger charge is -2.38. The molecule has 0 aliphatic carbocycles. The molecule has 0 saturated carbocycles. The summed E-state index contributed by atoms with van der Waals surface area (Å²) in [5.41, 5.74) is 0.913. The molecule has 0 radical (unpaired) electrons. The van der Waals surface area contributed by atoms with Gasteiger partial charge in [0.1, 0.15) is 6.33 Å². The van der Waals surface area contributed by atoms with Gasteiger partial charge in [-0.3, -0.25) is 4.79 Å². The third kappa shape index (κ3) is 3.81. The maximum Gasteiger partial charge on any atom is 0.313 e. The number of methoxy groups -OCH3 is 1. The summed E-state index contributed by atoms with van der Waals surface area (Å²) in [5.74, 6) is 1.00. The van der Waals surface area contributed by atoms with Crippen LogP contribution in [0.5, 0.6) is 0 Å². The van der Waals surface area contributed by atoms with Crippen LogP contribution in [0.1, 0.15) is 26.2 Å². The fourth-order valence-corrected chi connectivity index (χ4v) is 4.60. The van der Waals surface area contributed by atoms with Gasteiger partial charge in [-0.05, 0) is 32.1 Å². The Hall–Kier alpha value is -2.26. The number of rotatable bonds is 6. The van der Waals surface area contributed by atoms with Crippen LogP contribution in [0.2, 0.25) is 0 Å². The van der Waals surface area contributed by atoms with Crippen molar-refractivity contribution in [1.29, 1.82) is 0 Å². The van der Waals surface area contributed by atoms with Crippen molar-refractivity contribution in [1.82, 2.24) is 19.5 Å². The Kier molecular flexibility index (Phi) is 5.69. The molecule has 2 aromatic rings. The largest absolute Gasteiger partial charge is 0.469 e. The Morgan fingerprint density at radius 2 is 2.31 bits per heavy atom. The van der Waals surface area contributed by atoms with Crippen LogP contribution in [0.15, 0.2) is 12.7 Å².